The summed E-state index contributed by atoms with van der Waals surface area (Å²) >= 11 is 0. The first kappa shape index (κ1) is 33.2. The number of pyridine rings is 1. The van der Waals surface area contributed by atoms with Crippen molar-refractivity contribution in [2.24, 2.45) is 0 Å². The number of hydrogen-bond acceptors (Lipinski definition) is 5. The predicted molar refractivity (Wildman–Crippen MR) is 242 cm³/mol. The Kier molecular flexibility index (Phi) is 7.47. The highest BCUT2D eigenvalue weighted by Crippen LogP contribution is 2.40. The molecule has 3 heterocycles. The van der Waals surface area contributed by atoms with E-state index >= 15 is 0 Å². The number of furan rings is 1. The molecule has 0 N–H and O–H groups in total. The minimum absolute atomic E-state index is 0.592. The van der Waals surface area contributed by atoms with Crippen molar-refractivity contribution >= 4 is 65.2 Å². The maximum absolute atomic E-state index is 6.50. The summed E-state index contributed by atoms with van der Waals surface area (Å²) in [5, 5.41) is 10.5. The molecule has 3 aromatic heterocycles. The first-order chi connectivity index (χ1) is 29.2. The van der Waals surface area contributed by atoms with Crippen LogP contribution in [-0.2, 0) is 0 Å². The zero-order chi connectivity index (χ0) is 38.9. The molecule has 0 bridgehead atoms. The van der Waals surface area contributed by atoms with Gasteiger partial charge in [-0.3, -0.25) is 0 Å². The van der Waals surface area contributed by atoms with Crippen LogP contribution in [0.25, 0.3) is 122 Å². The Balaban J connectivity index is 0.980. The summed E-state index contributed by atoms with van der Waals surface area (Å²) in [6.45, 7) is 0. The van der Waals surface area contributed by atoms with Crippen LogP contribution in [0.1, 0.15) is 0 Å². The highest BCUT2D eigenvalue weighted by molar-refractivity contribution is 6.21. The maximum Gasteiger partial charge on any atom is 0.164 e. The molecule has 5 heteroatoms. The molecule has 0 saturated carbocycles. The van der Waals surface area contributed by atoms with Gasteiger partial charge in [0.05, 0.1) is 5.52 Å². The standard InChI is InChI=1S/C54H32N4O/c1-2-12-38-31-40(30-21-33(38)11-1)54-57-52(36-26-22-34(23-27-36)46-32-39-13-3-4-14-41(39)42-15-5-6-16-43(42)46)56-53(58-54)37-28-24-35(25-29-37)50-51-49(44-17-7-9-19-47(44)55-50)45-18-8-10-20-48(45)59-51/h1-32H. The van der Waals surface area contributed by atoms with Gasteiger partial charge in [0.1, 0.15) is 11.3 Å². The fraction of sp³-hybridized carbons (Fsp3) is 0. The van der Waals surface area contributed by atoms with Gasteiger partial charge in [-0.25, -0.2) is 19.9 Å². The van der Waals surface area contributed by atoms with Crippen LogP contribution in [0.3, 0.4) is 0 Å². The smallest absolute Gasteiger partial charge is 0.164 e. The molecule has 5 nitrogen and oxygen atoms in total. The van der Waals surface area contributed by atoms with E-state index in [-0.39, 0.29) is 0 Å². The Morgan fingerprint density at radius 1 is 0.322 bits per heavy atom. The average molecular weight is 753 g/mol. The van der Waals surface area contributed by atoms with Gasteiger partial charge in [-0.2, -0.15) is 0 Å². The van der Waals surface area contributed by atoms with Gasteiger partial charge < -0.3 is 4.42 Å². The van der Waals surface area contributed by atoms with Crippen molar-refractivity contribution < 1.29 is 4.42 Å². The highest BCUT2D eigenvalue weighted by Gasteiger charge is 2.19. The van der Waals surface area contributed by atoms with Crippen LogP contribution >= 0.6 is 0 Å². The lowest BCUT2D eigenvalue weighted by atomic mass is 9.93. The van der Waals surface area contributed by atoms with Crippen LogP contribution in [0.4, 0.5) is 0 Å². The van der Waals surface area contributed by atoms with Crippen LogP contribution in [0.2, 0.25) is 0 Å². The third-order valence-electron chi connectivity index (χ3n) is 11.5. The zero-order valence-electron chi connectivity index (χ0n) is 31.7. The second kappa shape index (κ2) is 13.3. The number of rotatable bonds is 5. The van der Waals surface area contributed by atoms with Gasteiger partial charge in [-0.1, -0.05) is 170 Å². The fourth-order valence-electron chi connectivity index (χ4n) is 8.59. The molecule has 12 aromatic rings. The van der Waals surface area contributed by atoms with E-state index in [1.807, 2.05) is 18.2 Å². The first-order valence-corrected chi connectivity index (χ1v) is 19.8. The van der Waals surface area contributed by atoms with Crippen molar-refractivity contribution in [1.29, 1.82) is 0 Å². The molecule has 0 radical (unpaired) electrons. The molecule has 59 heavy (non-hydrogen) atoms. The van der Waals surface area contributed by atoms with Gasteiger partial charge in [0, 0.05) is 38.4 Å². The lowest BCUT2D eigenvalue weighted by Gasteiger charge is -2.12. The van der Waals surface area contributed by atoms with E-state index in [0.29, 0.717) is 17.5 Å². The fourth-order valence-corrected chi connectivity index (χ4v) is 8.59. The molecule has 12 rings (SSSR count). The molecule has 0 saturated heterocycles. The van der Waals surface area contributed by atoms with Gasteiger partial charge >= 0.3 is 0 Å². The molecule has 0 aliphatic carbocycles. The maximum atomic E-state index is 6.50. The van der Waals surface area contributed by atoms with E-state index in [1.165, 1.54) is 32.5 Å². The van der Waals surface area contributed by atoms with E-state index in [0.717, 1.165) is 71.7 Å². The zero-order valence-corrected chi connectivity index (χ0v) is 31.7. The quantitative estimate of drug-likeness (QED) is 0.164. The summed E-state index contributed by atoms with van der Waals surface area (Å²) in [5.74, 6) is 1.82. The highest BCUT2D eigenvalue weighted by atomic mass is 16.3. The van der Waals surface area contributed by atoms with Crippen molar-refractivity contribution in [1.82, 2.24) is 19.9 Å². The summed E-state index contributed by atoms with van der Waals surface area (Å²) in [7, 11) is 0. The van der Waals surface area contributed by atoms with E-state index in [1.54, 1.807) is 0 Å². The normalized spacial score (nSPS) is 11.7. The molecular weight excluding hydrogens is 721 g/mol. The van der Waals surface area contributed by atoms with Crippen molar-refractivity contribution in [3.05, 3.63) is 194 Å². The minimum Gasteiger partial charge on any atom is -0.454 e. The van der Waals surface area contributed by atoms with Crippen molar-refractivity contribution in [3.63, 3.8) is 0 Å². The Morgan fingerprint density at radius 3 is 1.59 bits per heavy atom. The van der Waals surface area contributed by atoms with E-state index in [2.05, 4.69) is 176 Å². The second-order valence-corrected chi connectivity index (χ2v) is 15.0. The lowest BCUT2D eigenvalue weighted by Crippen LogP contribution is -2.00. The second-order valence-electron chi connectivity index (χ2n) is 15.0. The minimum atomic E-state index is 0.592. The molecule has 0 fully saturated rings. The molecule has 0 aliphatic rings. The molecular formula is C54H32N4O. The third kappa shape index (κ3) is 5.55. The van der Waals surface area contributed by atoms with Gasteiger partial charge in [0.25, 0.3) is 0 Å². The number of benzene rings is 9. The molecule has 0 unspecified atom stereocenters. The third-order valence-corrected chi connectivity index (χ3v) is 11.5. The predicted octanol–water partition coefficient (Wildman–Crippen LogP) is 14.1. The van der Waals surface area contributed by atoms with Crippen molar-refractivity contribution in [3.8, 4) is 56.5 Å². The van der Waals surface area contributed by atoms with Crippen molar-refractivity contribution in [2.45, 2.75) is 0 Å². The van der Waals surface area contributed by atoms with Crippen LogP contribution in [0, 0.1) is 0 Å². The molecule has 0 aliphatic heterocycles. The largest absolute Gasteiger partial charge is 0.454 e. The number of nitrogens with zero attached hydrogens (tertiary/aromatic N) is 4. The first-order valence-electron chi connectivity index (χ1n) is 19.8. The number of aromatic nitrogens is 4. The molecule has 0 spiro atoms. The van der Waals surface area contributed by atoms with Crippen LogP contribution < -0.4 is 0 Å². The molecule has 9 aromatic carbocycles. The molecule has 0 amide bonds. The summed E-state index contributed by atoms with van der Waals surface area (Å²) in [5.41, 5.74) is 9.34. The van der Waals surface area contributed by atoms with Crippen LogP contribution in [0.15, 0.2) is 199 Å². The number of para-hydroxylation sites is 2. The topological polar surface area (TPSA) is 64.7 Å². The summed E-state index contributed by atoms with van der Waals surface area (Å²) in [6, 6.07) is 67.6. The molecule has 274 valence electrons. The number of hydrogen-bond donors (Lipinski definition) is 0. The van der Waals surface area contributed by atoms with E-state index in [9.17, 15) is 0 Å². The Labute approximate surface area is 338 Å². The summed E-state index contributed by atoms with van der Waals surface area (Å²) in [6.07, 6.45) is 0. The lowest BCUT2D eigenvalue weighted by molar-refractivity contribution is 0.669. The Morgan fingerprint density at radius 2 is 0.847 bits per heavy atom. The van der Waals surface area contributed by atoms with Gasteiger partial charge in [0.15, 0.2) is 23.1 Å². The Bertz CT molecular complexity index is 3610. The Hall–Kier alpha value is -8.02. The summed E-state index contributed by atoms with van der Waals surface area (Å²) < 4.78 is 6.50. The van der Waals surface area contributed by atoms with Crippen LogP contribution in [-0.4, -0.2) is 19.9 Å². The van der Waals surface area contributed by atoms with Crippen LogP contribution in [0.5, 0.6) is 0 Å². The average Bonchev–Trinajstić information content (AvgIpc) is 3.71. The molecule has 0 atom stereocenters. The van der Waals surface area contributed by atoms with E-state index in [4.69, 9.17) is 24.4 Å². The van der Waals surface area contributed by atoms with Crippen molar-refractivity contribution in [2.75, 3.05) is 0 Å². The van der Waals surface area contributed by atoms with Gasteiger partial charge in [-0.05, 0) is 67.7 Å². The SMILES string of the molecule is c1ccc2cc(-c3nc(-c4ccc(-c5cc6ccccc6c6ccccc56)cc4)nc(-c4ccc(-c5nc6ccccc6c6c5oc5ccccc56)cc4)n3)ccc2c1. The number of fused-ring (bicyclic) bond motifs is 9. The summed E-state index contributed by atoms with van der Waals surface area (Å²) in [4.78, 5) is 20.5. The van der Waals surface area contributed by atoms with E-state index < -0.39 is 0 Å². The van der Waals surface area contributed by atoms with Gasteiger partial charge in [-0.15, -0.1) is 0 Å². The monoisotopic (exact) mass is 752 g/mol. The van der Waals surface area contributed by atoms with Gasteiger partial charge in [0.2, 0.25) is 0 Å².